The van der Waals surface area contributed by atoms with Crippen molar-refractivity contribution >= 4 is 67.8 Å². The fourth-order valence-electron chi connectivity index (χ4n) is 4.03. The van der Waals surface area contributed by atoms with Gasteiger partial charge in [0.25, 0.3) is 10.0 Å². The largest absolute Gasteiger partial charge is 0.609 e. The van der Waals surface area contributed by atoms with Gasteiger partial charge in [-0.15, -0.1) is 0 Å². The summed E-state index contributed by atoms with van der Waals surface area (Å²) in [6.07, 6.45) is 1.60. The average molecular weight is 567 g/mol. The van der Waals surface area contributed by atoms with Crippen LogP contribution < -0.4 is 9.47 Å². The smallest absolute Gasteiger partial charge is 0.338 e. The van der Waals surface area contributed by atoms with Crippen molar-refractivity contribution in [2.24, 2.45) is 0 Å². The van der Waals surface area contributed by atoms with E-state index in [2.05, 4.69) is 9.97 Å². The Bertz CT molecular complexity index is 1640. The van der Waals surface area contributed by atoms with Gasteiger partial charge in [0, 0.05) is 64.1 Å². The van der Waals surface area contributed by atoms with Crippen molar-refractivity contribution < 1.29 is 32.3 Å². The molecule has 1 N–H and O–H groups in total. The number of ether oxygens (including phenoxy) is 2. The molecule has 38 heavy (non-hydrogen) atoms. The minimum Gasteiger partial charge on any atom is -0.609 e. The number of carboxylic acids is 1. The molecule has 1 radical (unpaired) electrons. The second-order valence-corrected chi connectivity index (χ2v) is 11.4. The molecule has 0 aliphatic rings. The van der Waals surface area contributed by atoms with Crippen molar-refractivity contribution in [3.8, 4) is 11.5 Å². The second-order valence-electron chi connectivity index (χ2n) is 8.34. The number of carbonyl (C=O) groups is 1. The van der Waals surface area contributed by atoms with Gasteiger partial charge in [-0.3, -0.25) is 4.98 Å². The maximum Gasteiger partial charge on any atom is 0.338 e. The van der Waals surface area contributed by atoms with E-state index in [1.165, 1.54) is 32.4 Å². The molecule has 4 aromatic rings. The first kappa shape index (κ1) is 29.9. The van der Waals surface area contributed by atoms with Crippen molar-refractivity contribution in [2.75, 3.05) is 14.2 Å². The zero-order valence-corrected chi connectivity index (χ0v) is 25.4. The Morgan fingerprint density at radius 2 is 1.79 bits per heavy atom. The first-order valence-electron chi connectivity index (χ1n) is 11.0. The van der Waals surface area contributed by atoms with Gasteiger partial charge in [-0.05, 0) is 50.6 Å². The Morgan fingerprint density at radius 1 is 1.08 bits per heavy atom. The number of nitrogens with zero attached hydrogens (tertiary/aromatic N) is 3. The van der Waals surface area contributed by atoms with Crippen LogP contribution in [-0.2, 0) is 27.0 Å². The minimum atomic E-state index is -4.43. The van der Waals surface area contributed by atoms with Gasteiger partial charge < -0.3 is 19.1 Å². The summed E-state index contributed by atoms with van der Waals surface area (Å²) in [6.45, 7) is 5.18. The number of aromatic nitrogens is 3. The molecule has 0 spiro atoms. The fourth-order valence-corrected chi connectivity index (χ4v) is 7.32. The van der Waals surface area contributed by atoms with E-state index in [1.54, 1.807) is 32.2 Å². The summed E-state index contributed by atoms with van der Waals surface area (Å²) in [5.41, 5.74) is 2.53. The minimum absolute atomic E-state index is 0. The van der Waals surface area contributed by atoms with Gasteiger partial charge in [-0.25, -0.2) is 13.2 Å². The molecule has 0 aliphatic heterocycles. The van der Waals surface area contributed by atoms with Gasteiger partial charge in [0.2, 0.25) is 0 Å². The van der Waals surface area contributed by atoms with Gasteiger partial charge in [-0.1, -0.05) is 6.07 Å². The summed E-state index contributed by atoms with van der Waals surface area (Å²) in [4.78, 5) is 20.1. The predicted octanol–water partition coefficient (Wildman–Crippen LogP) is 3.24. The summed E-state index contributed by atoms with van der Waals surface area (Å²) < 4.78 is 53.3. The third-order valence-electron chi connectivity index (χ3n) is 5.97. The van der Waals surface area contributed by atoms with E-state index in [4.69, 9.17) is 9.47 Å². The van der Waals surface area contributed by atoms with E-state index >= 15 is 0 Å². The zero-order chi connectivity index (χ0) is 27.1. The van der Waals surface area contributed by atoms with Crippen LogP contribution in [0.2, 0.25) is 0 Å². The Kier molecular flexibility index (Phi) is 9.17. The summed E-state index contributed by atoms with van der Waals surface area (Å²) in [5, 5.41) is 9.22. The molecule has 10 nitrogen and oxygen atoms in total. The third kappa shape index (κ3) is 5.42. The summed E-state index contributed by atoms with van der Waals surface area (Å²) in [6, 6.07) is 8.49. The normalized spacial score (nSPS) is 12.2. The number of hydrogen-bond acceptors (Lipinski definition) is 8. The van der Waals surface area contributed by atoms with Crippen LogP contribution in [0.25, 0.3) is 11.0 Å². The number of benzene rings is 2. The van der Waals surface area contributed by atoms with Crippen LogP contribution in [0, 0.1) is 20.8 Å². The van der Waals surface area contributed by atoms with Crippen LogP contribution in [0.1, 0.15) is 32.7 Å². The standard InChI is InChI=1S/C25H25N3O7S2.Na/c1-14-6-7-17(24(29)30)10-22(14)37(32,33)28-21-11-18(34-4)8-9-19(21)27-25(28)36(31)13-20-16(3)23(35-5)15(2)12-26-20;/h6-12H,13H2,1-5H3,(H,29,30);. The topological polar surface area (TPSA) is 144 Å². The van der Waals surface area contributed by atoms with Crippen molar-refractivity contribution in [1.29, 1.82) is 0 Å². The van der Waals surface area contributed by atoms with E-state index in [1.807, 2.05) is 6.92 Å². The van der Waals surface area contributed by atoms with Gasteiger partial charge in [0.15, 0.2) is 5.75 Å². The SMILES string of the molecule is COc1ccc2nc([S+]([O-])Cc3ncc(C)c(OC)c3C)n(S(=O)(=O)c3cc(C(=O)O)ccc3C)c2c1.[Na]. The molecule has 2 aromatic carbocycles. The number of aromatic carboxylic acids is 1. The molecule has 13 heteroatoms. The molecule has 1 atom stereocenters. The van der Waals surface area contributed by atoms with Crippen LogP contribution in [0.5, 0.6) is 11.5 Å². The first-order chi connectivity index (χ1) is 17.5. The van der Waals surface area contributed by atoms with Crippen LogP contribution in [-0.4, -0.2) is 81.8 Å². The molecule has 0 fully saturated rings. The van der Waals surface area contributed by atoms with Gasteiger partial charge in [0.1, 0.15) is 11.5 Å². The number of imidazole rings is 1. The molecule has 195 valence electrons. The summed E-state index contributed by atoms with van der Waals surface area (Å²) >= 11 is -1.96. The number of carboxylic acid groups (broad SMARTS) is 1. The van der Waals surface area contributed by atoms with Crippen LogP contribution >= 0.6 is 0 Å². The number of fused-ring (bicyclic) bond motifs is 1. The predicted molar refractivity (Wildman–Crippen MR) is 143 cm³/mol. The van der Waals surface area contributed by atoms with E-state index < -0.39 is 27.2 Å². The van der Waals surface area contributed by atoms with Crippen LogP contribution in [0.4, 0.5) is 0 Å². The Labute approximate surface area is 245 Å². The molecular formula is C25H25N3NaO7S2. The van der Waals surface area contributed by atoms with Crippen LogP contribution in [0.15, 0.2) is 52.6 Å². The molecule has 0 saturated carbocycles. The molecule has 2 aromatic heterocycles. The number of methoxy groups -OCH3 is 2. The van der Waals surface area contributed by atoms with E-state index in [-0.39, 0.29) is 62.0 Å². The van der Waals surface area contributed by atoms with E-state index in [0.717, 1.165) is 15.6 Å². The molecule has 0 bridgehead atoms. The Morgan fingerprint density at radius 3 is 2.42 bits per heavy atom. The molecule has 4 rings (SSSR count). The van der Waals surface area contributed by atoms with E-state index in [0.29, 0.717) is 28.3 Å². The maximum absolute atomic E-state index is 14.0. The first-order valence-corrected chi connectivity index (χ1v) is 13.8. The van der Waals surface area contributed by atoms with Crippen molar-refractivity contribution in [3.05, 3.63) is 70.5 Å². The van der Waals surface area contributed by atoms with Crippen LogP contribution in [0.3, 0.4) is 0 Å². The Hall–Kier alpha value is -2.61. The number of rotatable bonds is 8. The molecule has 2 heterocycles. The number of aryl methyl sites for hydroxylation is 2. The second kappa shape index (κ2) is 11.6. The van der Waals surface area contributed by atoms with Gasteiger partial charge in [-0.2, -0.15) is 8.96 Å². The number of pyridine rings is 1. The maximum atomic E-state index is 14.0. The summed E-state index contributed by atoms with van der Waals surface area (Å²) in [5.74, 6) is -0.411. The molecule has 1 unspecified atom stereocenters. The third-order valence-corrected chi connectivity index (χ3v) is 9.14. The summed E-state index contributed by atoms with van der Waals surface area (Å²) in [7, 11) is -1.46. The molecular weight excluding hydrogens is 541 g/mol. The average Bonchev–Trinajstić information content (AvgIpc) is 3.25. The monoisotopic (exact) mass is 566 g/mol. The fraction of sp³-hybridized carbons (Fsp3) is 0.240. The zero-order valence-electron chi connectivity index (χ0n) is 21.8. The van der Waals surface area contributed by atoms with E-state index in [9.17, 15) is 22.9 Å². The van der Waals surface area contributed by atoms with Crippen molar-refractivity contribution in [3.63, 3.8) is 0 Å². The quantitative estimate of drug-likeness (QED) is 0.251. The molecule has 0 aliphatic carbocycles. The van der Waals surface area contributed by atoms with Gasteiger partial charge >= 0.3 is 11.1 Å². The Balaban J connectivity index is 0.00000400. The molecule has 0 saturated heterocycles. The van der Waals surface area contributed by atoms with Crippen molar-refractivity contribution in [1.82, 2.24) is 13.9 Å². The molecule has 0 amide bonds. The van der Waals surface area contributed by atoms with Gasteiger partial charge in [0.05, 0.1) is 41.4 Å². The number of hydrogen-bond donors (Lipinski definition) is 1. The van der Waals surface area contributed by atoms with Crippen molar-refractivity contribution in [2.45, 2.75) is 36.6 Å².